The topological polar surface area (TPSA) is 24.5 Å². The molecule has 1 aliphatic heterocycles. The summed E-state index contributed by atoms with van der Waals surface area (Å²) in [6, 6.07) is 4.64. The lowest BCUT2D eigenvalue weighted by Gasteiger charge is -2.35. The molecule has 1 N–H and O–H groups in total. The molecular formula is C13H21ClN2OS. The van der Waals surface area contributed by atoms with Crippen molar-refractivity contribution in [1.29, 1.82) is 0 Å². The Kier molecular flexibility index (Phi) is 5.92. The molecule has 5 heteroatoms. The van der Waals surface area contributed by atoms with Crippen molar-refractivity contribution in [2.45, 2.75) is 25.9 Å². The number of halogens is 1. The first-order valence-corrected chi connectivity index (χ1v) is 7.75. The normalized spacial score (nSPS) is 21.3. The molecule has 3 nitrogen and oxygen atoms in total. The monoisotopic (exact) mass is 288 g/mol. The van der Waals surface area contributed by atoms with Crippen LogP contribution >= 0.6 is 22.9 Å². The molecule has 1 fully saturated rings. The third-order valence-corrected chi connectivity index (χ3v) is 4.56. The van der Waals surface area contributed by atoms with Gasteiger partial charge in [-0.3, -0.25) is 4.90 Å². The van der Waals surface area contributed by atoms with Gasteiger partial charge in [-0.05, 0) is 18.6 Å². The van der Waals surface area contributed by atoms with Gasteiger partial charge < -0.3 is 10.1 Å². The standard InChI is InChI=1S/C13H21ClN2OS/c1-2-11-10-17-8-7-16(11)6-5-15-9-12-3-4-13(14)18-12/h3-4,11,15H,2,5-10H2,1H3. The molecule has 2 rings (SSSR count). The van der Waals surface area contributed by atoms with Crippen molar-refractivity contribution in [3.63, 3.8) is 0 Å². The van der Waals surface area contributed by atoms with E-state index < -0.39 is 0 Å². The van der Waals surface area contributed by atoms with Crippen molar-refractivity contribution in [3.05, 3.63) is 21.3 Å². The van der Waals surface area contributed by atoms with Gasteiger partial charge in [0.25, 0.3) is 0 Å². The van der Waals surface area contributed by atoms with Gasteiger partial charge >= 0.3 is 0 Å². The molecule has 1 atom stereocenters. The predicted octanol–water partition coefficient (Wildman–Crippen LogP) is 2.60. The molecule has 0 saturated carbocycles. The van der Waals surface area contributed by atoms with Gasteiger partial charge in [0.05, 0.1) is 17.6 Å². The smallest absolute Gasteiger partial charge is 0.0931 e. The Balaban J connectivity index is 1.65. The van der Waals surface area contributed by atoms with Gasteiger partial charge in [0.1, 0.15) is 0 Å². The molecule has 18 heavy (non-hydrogen) atoms. The van der Waals surface area contributed by atoms with Crippen molar-refractivity contribution in [2.75, 3.05) is 32.8 Å². The highest BCUT2D eigenvalue weighted by Gasteiger charge is 2.20. The third-order valence-electron chi connectivity index (χ3n) is 3.32. The van der Waals surface area contributed by atoms with Gasteiger partial charge in [-0.2, -0.15) is 0 Å². The summed E-state index contributed by atoms with van der Waals surface area (Å²) in [6.07, 6.45) is 1.17. The number of nitrogens with one attached hydrogen (secondary N) is 1. The van der Waals surface area contributed by atoms with Gasteiger partial charge in [0.15, 0.2) is 0 Å². The number of hydrogen-bond acceptors (Lipinski definition) is 4. The number of ether oxygens (including phenoxy) is 1. The van der Waals surface area contributed by atoms with E-state index in [1.54, 1.807) is 11.3 Å². The van der Waals surface area contributed by atoms with Crippen LogP contribution in [0.3, 0.4) is 0 Å². The molecule has 0 spiro atoms. The van der Waals surface area contributed by atoms with E-state index in [1.165, 1.54) is 11.3 Å². The van der Waals surface area contributed by atoms with Crippen molar-refractivity contribution in [3.8, 4) is 0 Å². The lowest BCUT2D eigenvalue weighted by molar-refractivity contribution is -0.00785. The number of rotatable bonds is 6. The molecule has 0 bridgehead atoms. The van der Waals surface area contributed by atoms with E-state index in [0.29, 0.717) is 6.04 Å². The highest BCUT2D eigenvalue weighted by Crippen LogP contribution is 2.20. The fourth-order valence-electron chi connectivity index (χ4n) is 2.24. The Labute approximate surface area is 118 Å². The minimum Gasteiger partial charge on any atom is -0.378 e. The van der Waals surface area contributed by atoms with Crippen molar-refractivity contribution < 1.29 is 4.74 Å². The molecule has 2 heterocycles. The second-order valence-corrected chi connectivity index (χ2v) is 6.36. The summed E-state index contributed by atoms with van der Waals surface area (Å²) >= 11 is 7.55. The van der Waals surface area contributed by atoms with Crippen LogP contribution in [0.4, 0.5) is 0 Å². The van der Waals surface area contributed by atoms with E-state index in [9.17, 15) is 0 Å². The first-order valence-electron chi connectivity index (χ1n) is 6.56. The fraction of sp³-hybridized carbons (Fsp3) is 0.692. The van der Waals surface area contributed by atoms with Crippen LogP contribution in [0.1, 0.15) is 18.2 Å². The van der Waals surface area contributed by atoms with Crippen molar-refractivity contribution >= 4 is 22.9 Å². The van der Waals surface area contributed by atoms with Crippen LogP contribution in [0.15, 0.2) is 12.1 Å². The van der Waals surface area contributed by atoms with Crippen LogP contribution in [0.5, 0.6) is 0 Å². The van der Waals surface area contributed by atoms with Crippen LogP contribution < -0.4 is 5.32 Å². The highest BCUT2D eigenvalue weighted by atomic mass is 35.5. The maximum absolute atomic E-state index is 5.90. The van der Waals surface area contributed by atoms with Gasteiger partial charge in [-0.25, -0.2) is 0 Å². The highest BCUT2D eigenvalue weighted by molar-refractivity contribution is 7.16. The lowest BCUT2D eigenvalue weighted by Crippen LogP contribution is -2.47. The minimum absolute atomic E-state index is 0.594. The average molecular weight is 289 g/mol. The zero-order valence-corrected chi connectivity index (χ0v) is 12.4. The van der Waals surface area contributed by atoms with E-state index >= 15 is 0 Å². The van der Waals surface area contributed by atoms with Crippen LogP contribution in [-0.4, -0.2) is 43.8 Å². The quantitative estimate of drug-likeness (QED) is 0.815. The summed E-state index contributed by atoms with van der Waals surface area (Å²) in [5, 5.41) is 3.48. The van der Waals surface area contributed by atoms with E-state index in [0.717, 1.165) is 43.7 Å². The first kappa shape index (κ1) is 14.3. The van der Waals surface area contributed by atoms with Gasteiger partial charge in [-0.15, -0.1) is 11.3 Å². The number of thiophene rings is 1. The summed E-state index contributed by atoms with van der Waals surface area (Å²) in [7, 11) is 0. The summed E-state index contributed by atoms with van der Waals surface area (Å²) in [5.74, 6) is 0. The number of nitrogens with zero attached hydrogens (tertiary/aromatic N) is 1. The van der Waals surface area contributed by atoms with E-state index in [4.69, 9.17) is 16.3 Å². The summed E-state index contributed by atoms with van der Waals surface area (Å²) < 4.78 is 6.37. The van der Waals surface area contributed by atoms with Gasteiger partial charge in [0.2, 0.25) is 0 Å². The Hall–Kier alpha value is -0.130. The third kappa shape index (κ3) is 4.21. The number of hydrogen-bond donors (Lipinski definition) is 1. The van der Waals surface area contributed by atoms with Crippen LogP contribution in [0.25, 0.3) is 0 Å². The molecule has 102 valence electrons. The van der Waals surface area contributed by atoms with Gasteiger partial charge in [-0.1, -0.05) is 18.5 Å². The number of morpholine rings is 1. The zero-order chi connectivity index (χ0) is 12.8. The Morgan fingerprint density at radius 1 is 1.56 bits per heavy atom. The van der Waals surface area contributed by atoms with Crippen LogP contribution in [-0.2, 0) is 11.3 Å². The van der Waals surface area contributed by atoms with Crippen molar-refractivity contribution in [2.24, 2.45) is 0 Å². The molecule has 1 aromatic heterocycles. The maximum Gasteiger partial charge on any atom is 0.0931 e. The van der Waals surface area contributed by atoms with Crippen molar-refractivity contribution in [1.82, 2.24) is 10.2 Å². The molecule has 0 radical (unpaired) electrons. The first-order chi connectivity index (χ1) is 8.79. The Bertz CT molecular complexity index is 359. The molecular weight excluding hydrogens is 268 g/mol. The van der Waals surface area contributed by atoms with E-state index in [-0.39, 0.29) is 0 Å². The molecule has 0 aliphatic carbocycles. The Morgan fingerprint density at radius 3 is 3.17 bits per heavy atom. The van der Waals surface area contributed by atoms with Crippen LogP contribution in [0, 0.1) is 0 Å². The Morgan fingerprint density at radius 2 is 2.44 bits per heavy atom. The summed E-state index contributed by atoms with van der Waals surface area (Å²) in [6.45, 7) is 8.08. The second kappa shape index (κ2) is 7.46. The zero-order valence-electron chi connectivity index (χ0n) is 10.8. The second-order valence-electron chi connectivity index (χ2n) is 4.56. The van der Waals surface area contributed by atoms with Crippen LogP contribution in [0.2, 0.25) is 4.34 Å². The summed E-state index contributed by atoms with van der Waals surface area (Å²) in [5.41, 5.74) is 0. The maximum atomic E-state index is 5.90. The fourth-order valence-corrected chi connectivity index (χ4v) is 3.30. The molecule has 1 saturated heterocycles. The largest absolute Gasteiger partial charge is 0.378 e. The summed E-state index contributed by atoms with van der Waals surface area (Å²) in [4.78, 5) is 3.83. The lowest BCUT2D eigenvalue weighted by atomic mass is 10.2. The molecule has 1 aliphatic rings. The van der Waals surface area contributed by atoms with E-state index in [2.05, 4.69) is 23.2 Å². The average Bonchev–Trinajstić information content (AvgIpc) is 2.81. The molecule has 0 amide bonds. The van der Waals surface area contributed by atoms with Gasteiger partial charge in [0, 0.05) is 37.1 Å². The van der Waals surface area contributed by atoms with E-state index in [1.807, 2.05) is 6.07 Å². The molecule has 0 aromatic carbocycles. The minimum atomic E-state index is 0.594. The SMILES string of the molecule is CCC1COCCN1CCNCc1ccc(Cl)s1. The molecule has 1 aromatic rings. The molecule has 1 unspecified atom stereocenters. The predicted molar refractivity (Wildman–Crippen MR) is 77.5 cm³/mol.